The molecule has 0 saturated carbocycles. The molecule has 0 saturated heterocycles. The number of aryl methyl sites for hydroxylation is 1. The second kappa shape index (κ2) is 12.8. The normalized spacial score (nSPS) is 11.4. The summed E-state index contributed by atoms with van der Waals surface area (Å²) in [7, 11) is 0. The zero-order chi connectivity index (χ0) is 32.3. The minimum atomic E-state index is -0.717. The van der Waals surface area contributed by atoms with Crippen LogP contribution in [0.4, 0.5) is 31.6 Å². The molecule has 11 nitrogen and oxygen atoms in total. The van der Waals surface area contributed by atoms with Crippen LogP contribution < -0.4 is 16.0 Å². The Balaban J connectivity index is 1.36. The maximum absolute atomic E-state index is 13.5. The molecule has 0 atom stereocenters. The van der Waals surface area contributed by atoms with E-state index in [1.165, 1.54) is 18.3 Å². The molecule has 45 heavy (non-hydrogen) atoms. The van der Waals surface area contributed by atoms with Crippen molar-refractivity contribution in [2.75, 3.05) is 16.0 Å². The molecule has 0 aliphatic heterocycles. The van der Waals surface area contributed by atoms with Crippen molar-refractivity contribution in [3.8, 4) is 22.5 Å². The zero-order valence-corrected chi connectivity index (χ0v) is 26.5. The lowest BCUT2D eigenvalue weighted by atomic mass is 10.0. The van der Waals surface area contributed by atoms with E-state index >= 15 is 0 Å². The van der Waals surface area contributed by atoms with E-state index in [9.17, 15) is 14.0 Å². The van der Waals surface area contributed by atoms with Gasteiger partial charge in [0.05, 0.1) is 35.2 Å². The zero-order valence-electron chi connectivity index (χ0n) is 25.7. The van der Waals surface area contributed by atoms with Crippen LogP contribution in [0.25, 0.3) is 22.5 Å². The van der Waals surface area contributed by atoms with Gasteiger partial charge in [-0.25, -0.2) is 29.1 Å². The van der Waals surface area contributed by atoms with E-state index in [4.69, 9.17) is 4.74 Å². The number of hydrogen-bond donors (Lipinski definition) is 3. The molecule has 232 valence electrons. The van der Waals surface area contributed by atoms with Crippen molar-refractivity contribution >= 4 is 45.8 Å². The highest BCUT2D eigenvalue weighted by Crippen LogP contribution is 2.31. The molecule has 0 aliphatic rings. The second-order valence-corrected chi connectivity index (χ2v) is 12.5. The largest absolute Gasteiger partial charge is 0.444 e. The average molecular weight is 629 g/mol. The molecule has 5 rings (SSSR count). The number of imidazole rings is 1. The third-order valence-electron chi connectivity index (χ3n) is 6.45. The molecule has 5 aromatic rings. The molecule has 0 unspecified atom stereocenters. The van der Waals surface area contributed by atoms with Gasteiger partial charge in [0.2, 0.25) is 5.95 Å². The van der Waals surface area contributed by atoms with Gasteiger partial charge >= 0.3 is 6.09 Å². The number of benzene rings is 2. The van der Waals surface area contributed by atoms with Crippen LogP contribution in [0.15, 0.2) is 67.1 Å². The average Bonchev–Trinajstić information content (AvgIpc) is 3.60. The van der Waals surface area contributed by atoms with Crippen LogP contribution in [-0.2, 0) is 4.74 Å². The number of rotatable bonds is 8. The van der Waals surface area contributed by atoms with Crippen LogP contribution in [0.5, 0.6) is 0 Å². The van der Waals surface area contributed by atoms with Gasteiger partial charge < -0.3 is 19.9 Å². The molecule has 0 spiro atoms. The van der Waals surface area contributed by atoms with Crippen LogP contribution in [0.3, 0.4) is 0 Å². The van der Waals surface area contributed by atoms with Gasteiger partial charge in [-0.2, -0.15) is 0 Å². The Morgan fingerprint density at radius 3 is 2.38 bits per heavy atom. The second-order valence-electron chi connectivity index (χ2n) is 11.4. The summed E-state index contributed by atoms with van der Waals surface area (Å²) in [4.78, 5) is 43.9. The van der Waals surface area contributed by atoms with Gasteiger partial charge in [-0.3, -0.25) is 10.1 Å². The molecule has 3 heterocycles. The van der Waals surface area contributed by atoms with Crippen molar-refractivity contribution in [2.45, 2.75) is 53.2 Å². The Kier molecular flexibility index (Phi) is 8.91. The van der Waals surface area contributed by atoms with Crippen molar-refractivity contribution < 1.29 is 18.7 Å². The highest BCUT2D eigenvalue weighted by atomic mass is 32.1. The lowest BCUT2D eigenvalue weighted by Crippen LogP contribution is -2.27. The van der Waals surface area contributed by atoms with E-state index in [1.807, 2.05) is 13.0 Å². The monoisotopic (exact) mass is 628 g/mol. The number of aromatic nitrogens is 5. The summed E-state index contributed by atoms with van der Waals surface area (Å²) >= 11 is 1.11. The molecule has 2 aromatic carbocycles. The van der Waals surface area contributed by atoms with E-state index in [0.29, 0.717) is 38.6 Å². The number of ether oxygens (including phenoxy) is 1. The highest BCUT2D eigenvalue weighted by Gasteiger charge is 2.20. The standard InChI is InChI=1S/C32H33FN8O3S/c1-18(2)41-19(3)35-16-26(41)24-13-14-34-29(38-24)40-30-36-17-27(45-30)28(42)37-25-15-21(20-7-10-22(33)11-8-20)9-12-23(25)39-31(43)44-32(4,5)6/h7-18H,1-6H3,(H,37,42)(H,39,43)(H,34,36,38,40). The summed E-state index contributed by atoms with van der Waals surface area (Å²) in [5, 5.41) is 9.05. The number of nitrogens with one attached hydrogen (secondary N) is 3. The smallest absolute Gasteiger partial charge is 0.412 e. The van der Waals surface area contributed by atoms with Gasteiger partial charge in [0.25, 0.3) is 5.91 Å². The summed E-state index contributed by atoms with van der Waals surface area (Å²) in [5.74, 6) is 0.393. The number of carbonyl (C=O) groups is 2. The van der Waals surface area contributed by atoms with Crippen molar-refractivity contribution in [3.63, 3.8) is 0 Å². The molecule has 3 aromatic heterocycles. The predicted octanol–water partition coefficient (Wildman–Crippen LogP) is 7.83. The molecule has 13 heteroatoms. The number of hydrogen-bond acceptors (Lipinski definition) is 9. The Hall–Kier alpha value is -5.17. The Bertz CT molecular complexity index is 1840. The number of carbonyl (C=O) groups excluding carboxylic acids is 2. The van der Waals surface area contributed by atoms with Gasteiger partial charge in [0, 0.05) is 12.2 Å². The van der Waals surface area contributed by atoms with Crippen molar-refractivity contribution in [1.82, 2.24) is 24.5 Å². The summed E-state index contributed by atoms with van der Waals surface area (Å²) < 4.78 is 21.0. The van der Waals surface area contributed by atoms with Crippen LogP contribution in [0, 0.1) is 12.7 Å². The van der Waals surface area contributed by atoms with Gasteiger partial charge in [-0.15, -0.1) is 0 Å². The first-order chi connectivity index (χ1) is 21.4. The number of nitrogens with zero attached hydrogens (tertiary/aromatic N) is 5. The third kappa shape index (κ3) is 7.68. The van der Waals surface area contributed by atoms with Crippen LogP contribution >= 0.6 is 11.3 Å². The van der Waals surface area contributed by atoms with Gasteiger partial charge in [-0.1, -0.05) is 29.5 Å². The van der Waals surface area contributed by atoms with E-state index < -0.39 is 17.6 Å². The molecular formula is C32H33FN8O3S. The van der Waals surface area contributed by atoms with E-state index in [1.54, 1.807) is 63.5 Å². The molecule has 0 radical (unpaired) electrons. The number of thiazole rings is 1. The first-order valence-corrected chi connectivity index (χ1v) is 15.0. The first-order valence-electron chi connectivity index (χ1n) is 14.2. The first kappa shape index (κ1) is 31.3. The van der Waals surface area contributed by atoms with E-state index in [2.05, 4.69) is 54.3 Å². The third-order valence-corrected chi connectivity index (χ3v) is 7.36. The Labute approximate surface area is 263 Å². The topological polar surface area (TPSA) is 136 Å². The van der Waals surface area contributed by atoms with Crippen molar-refractivity contribution in [2.24, 2.45) is 0 Å². The number of halogens is 1. The van der Waals surface area contributed by atoms with Crippen LogP contribution in [-0.4, -0.2) is 42.1 Å². The summed E-state index contributed by atoms with van der Waals surface area (Å²) in [6.07, 6.45) is 4.19. The Morgan fingerprint density at radius 1 is 0.933 bits per heavy atom. The summed E-state index contributed by atoms with van der Waals surface area (Å²) in [5.41, 5.74) is 2.93. The highest BCUT2D eigenvalue weighted by molar-refractivity contribution is 7.17. The van der Waals surface area contributed by atoms with Gasteiger partial charge in [0.15, 0.2) is 5.13 Å². The molecular weight excluding hydrogens is 595 g/mol. The maximum Gasteiger partial charge on any atom is 0.412 e. The molecule has 0 fully saturated rings. The van der Waals surface area contributed by atoms with Crippen LogP contribution in [0.2, 0.25) is 0 Å². The SMILES string of the molecule is Cc1ncc(-c2ccnc(Nc3ncc(C(=O)Nc4cc(-c5ccc(F)cc5)ccc4NC(=O)OC(C)(C)C)s3)n2)n1C(C)C. The minimum absolute atomic E-state index is 0.199. The lowest BCUT2D eigenvalue weighted by molar-refractivity contribution is 0.0635. The fourth-order valence-corrected chi connectivity index (χ4v) is 5.27. The van der Waals surface area contributed by atoms with E-state index in [-0.39, 0.29) is 11.9 Å². The van der Waals surface area contributed by atoms with Gasteiger partial charge in [-0.05, 0) is 83.0 Å². The van der Waals surface area contributed by atoms with Gasteiger partial charge in [0.1, 0.15) is 22.1 Å². The quantitative estimate of drug-likeness (QED) is 0.158. The summed E-state index contributed by atoms with van der Waals surface area (Å²) in [6.45, 7) is 11.4. The summed E-state index contributed by atoms with van der Waals surface area (Å²) in [6, 6.07) is 13.1. The number of anilines is 4. The molecule has 3 N–H and O–H groups in total. The Morgan fingerprint density at radius 2 is 1.67 bits per heavy atom. The maximum atomic E-state index is 13.5. The lowest BCUT2D eigenvalue weighted by Gasteiger charge is -2.21. The van der Waals surface area contributed by atoms with Crippen molar-refractivity contribution in [1.29, 1.82) is 0 Å². The van der Waals surface area contributed by atoms with Crippen LogP contribution in [0.1, 0.15) is 56.2 Å². The molecule has 0 bridgehead atoms. The number of amides is 2. The fourth-order valence-electron chi connectivity index (χ4n) is 4.56. The molecule has 0 aliphatic carbocycles. The van der Waals surface area contributed by atoms with Crippen molar-refractivity contribution in [3.05, 3.63) is 83.6 Å². The fraction of sp³-hybridized carbons (Fsp3) is 0.250. The minimum Gasteiger partial charge on any atom is -0.444 e. The predicted molar refractivity (Wildman–Crippen MR) is 173 cm³/mol. The van der Waals surface area contributed by atoms with E-state index in [0.717, 1.165) is 28.4 Å². The molecule has 2 amide bonds.